The molecule has 0 amide bonds. The number of ketones is 1. The van der Waals surface area contributed by atoms with E-state index in [1.165, 1.54) is 17.3 Å². The number of hydrogen-bond acceptors (Lipinski definition) is 4. The van der Waals surface area contributed by atoms with Crippen molar-refractivity contribution in [2.75, 3.05) is 0 Å². The number of thioether (sulfide) groups is 1. The van der Waals surface area contributed by atoms with E-state index in [1.807, 2.05) is 62.6 Å². The summed E-state index contributed by atoms with van der Waals surface area (Å²) in [6.07, 6.45) is 0. The lowest BCUT2D eigenvalue weighted by molar-refractivity contribution is 0.0993. The fraction of sp³-hybridized carbons (Fsp3) is 0.286. The minimum Gasteiger partial charge on any atom is -0.293 e. The Bertz CT molecular complexity index is 944. The number of aryl methyl sites for hydroxylation is 4. The third kappa shape index (κ3) is 3.73. The first-order valence-electron chi connectivity index (χ1n) is 8.64. The second kappa shape index (κ2) is 7.46. The molecule has 0 fully saturated rings. The van der Waals surface area contributed by atoms with Crippen LogP contribution in [-0.4, -0.2) is 25.8 Å². The van der Waals surface area contributed by atoms with Gasteiger partial charge in [-0.2, -0.15) is 0 Å². The van der Waals surface area contributed by atoms with Gasteiger partial charge in [0.1, 0.15) is 5.82 Å². The number of aromatic nitrogens is 3. The van der Waals surface area contributed by atoms with Crippen LogP contribution in [0.4, 0.5) is 0 Å². The topological polar surface area (TPSA) is 47.8 Å². The zero-order chi connectivity index (χ0) is 18.8. The molecule has 0 spiro atoms. The van der Waals surface area contributed by atoms with Crippen molar-refractivity contribution in [2.45, 2.75) is 45.0 Å². The van der Waals surface area contributed by atoms with Gasteiger partial charge in [-0.05, 0) is 58.4 Å². The Balaban J connectivity index is 1.88. The zero-order valence-electron chi connectivity index (χ0n) is 15.8. The summed E-state index contributed by atoms with van der Waals surface area (Å²) in [7, 11) is 0. The Morgan fingerprint density at radius 1 is 0.962 bits per heavy atom. The molecule has 0 aliphatic heterocycles. The van der Waals surface area contributed by atoms with Crippen LogP contribution in [0.3, 0.4) is 0 Å². The average molecular weight is 366 g/mol. The molecule has 3 rings (SSSR count). The summed E-state index contributed by atoms with van der Waals surface area (Å²) in [4.78, 5) is 12.9. The number of Topliss-reactive ketones (excluding diaryl/α,β-unsaturated/α-hetero) is 1. The van der Waals surface area contributed by atoms with E-state index in [4.69, 9.17) is 0 Å². The van der Waals surface area contributed by atoms with Gasteiger partial charge in [0.05, 0.1) is 5.25 Å². The molecule has 0 N–H and O–H groups in total. The Kier molecular flexibility index (Phi) is 5.28. The lowest BCUT2D eigenvalue weighted by Crippen LogP contribution is -2.16. The number of carbonyl (C=O) groups is 1. The van der Waals surface area contributed by atoms with E-state index in [2.05, 4.69) is 29.3 Å². The molecule has 1 unspecified atom stereocenters. The molecule has 3 aromatic rings. The van der Waals surface area contributed by atoms with Crippen LogP contribution in [0.1, 0.15) is 39.8 Å². The van der Waals surface area contributed by atoms with Gasteiger partial charge in [0.15, 0.2) is 10.9 Å². The van der Waals surface area contributed by atoms with Crippen LogP contribution >= 0.6 is 11.8 Å². The third-order valence-electron chi connectivity index (χ3n) is 4.40. The van der Waals surface area contributed by atoms with Crippen molar-refractivity contribution in [3.8, 4) is 5.69 Å². The average Bonchev–Trinajstić information content (AvgIpc) is 2.97. The molecule has 0 aliphatic rings. The predicted molar refractivity (Wildman–Crippen MR) is 106 cm³/mol. The Hall–Kier alpha value is -2.40. The van der Waals surface area contributed by atoms with E-state index >= 15 is 0 Å². The second-order valence-electron chi connectivity index (χ2n) is 6.64. The van der Waals surface area contributed by atoms with Gasteiger partial charge in [-0.25, -0.2) is 0 Å². The Morgan fingerprint density at radius 3 is 2.31 bits per heavy atom. The first kappa shape index (κ1) is 18.4. The van der Waals surface area contributed by atoms with Gasteiger partial charge in [0.25, 0.3) is 0 Å². The molecular formula is C21H23N3OS. The van der Waals surface area contributed by atoms with Crippen molar-refractivity contribution in [3.63, 3.8) is 0 Å². The van der Waals surface area contributed by atoms with Crippen LogP contribution in [0.15, 0.2) is 47.6 Å². The van der Waals surface area contributed by atoms with E-state index < -0.39 is 0 Å². The van der Waals surface area contributed by atoms with Gasteiger partial charge in [0.2, 0.25) is 0 Å². The SMILES string of the molecule is Cc1ccc(-n2c(C)nnc2SC(C)C(=O)c2cc(C)ccc2C)cc1. The van der Waals surface area contributed by atoms with Crippen LogP contribution in [0.2, 0.25) is 0 Å². The smallest absolute Gasteiger partial charge is 0.196 e. The molecule has 0 saturated carbocycles. The summed E-state index contributed by atoms with van der Waals surface area (Å²) in [5, 5.41) is 8.99. The molecule has 0 radical (unpaired) electrons. The van der Waals surface area contributed by atoms with Crippen LogP contribution < -0.4 is 0 Å². The lowest BCUT2D eigenvalue weighted by atomic mass is 10.0. The molecule has 0 aliphatic carbocycles. The molecule has 1 atom stereocenters. The molecule has 0 saturated heterocycles. The normalized spacial score (nSPS) is 12.2. The van der Waals surface area contributed by atoms with Gasteiger partial charge < -0.3 is 0 Å². The van der Waals surface area contributed by atoms with Crippen LogP contribution in [0, 0.1) is 27.7 Å². The summed E-state index contributed by atoms with van der Waals surface area (Å²) in [5.41, 5.74) is 5.08. The van der Waals surface area contributed by atoms with Crippen LogP contribution in [0.25, 0.3) is 5.69 Å². The van der Waals surface area contributed by atoms with Crippen molar-refractivity contribution in [2.24, 2.45) is 0 Å². The van der Waals surface area contributed by atoms with E-state index in [-0.39, 0.29) is 11.0 Å². The highest BCUT2D eigenvalue weighted by Gasteiger charge is 2.22. The number of carbonyl (C=O) groups excluding carboxylic acids is 1. The molecule has 5 heteroatoms. The van der Waals surface area contributed by atoms with Crippen LogP contribution in [-0.2, 0) is 0 Å². The maximum absolute atomic E-state index is 12.9. The van der Waals surface area contributed by atoms with Crippen LogP contribution in [0.5, 0.6) is 0 Å². The van der Waals surface area contributed by atoms with Gasteiger partial charge in [0, 0.05) is 11.3 Å². The van der Waals surface area contributed by atoms with E-state index in [1.54, 1.807) is 0 Å². The third-order valence-corrected chi connectivity index (χ3v) is 5.44. The van der Waals surface area contributed by atoms with Crippen molar-refractivity contribution < 1.29 is 4.79 Å². The van der Waals surface area contributed by atoms with Gasteiger partial charge >= 0.3 is 0 Å². The maximum atomic E-state index is 12.9. The molecule has 1 heterocycles. The number of benzene rings is 2. The zero-order valence-corrected chi connectivity index (χ0v) is 16.6. The minimum absolute atomic E-state index is 0.118. The van der Waals surface area contributed by atoms with Crippen molar-refractivity contribution in [3.05, 3.63) is 70.5 Å². The quantitative estimate of drug-likeness (QED) is 0.478. The maximum Gasteiger partial charge on any atom is 0.196 e. The molecule has 2 aromatic carbocycles. The highest BCUT2D eigenvalue weighted by molar-refractivity contribution is 8.00. The number of hydrogen-bond donors (Lipinski definition) is 0. The molecule has 4 nitrogen and oxygen atoms in total. The van der Waals surface area contributed by atoms with Crippen molar-refractivity contribution in [1.29, 1.82) is 0 Å². The standard InChI is InChI=1S/C21H23N3OS/c1-13-7-10-18(11-8-13)24-17(5)22-23-21(24)26-16(4)20(25)19-12-14(2)6-9-15(19)3/h6-12,16H,1-5H3. The summed E-state index contributed by atoms with van der Waals surface area (Å²) in [5.74, 6) is 0.926. The first-order chi connectivity index (χ1) is 12.4. The highest BCUT2D eigenvalue weighted by atomic mass is 32.2. The Morgan fingerprint density at radius 2 is 1.62 bits per heavy atom. The fourth-order valence-electron chi connectivity index (χ4n) is 2.84. The van der Waals surface area contributed by atoms with E-state index in [0.717, 1.165) is 33.4 Å². The van der Waals surface area contributed by atoms with E-state index in [0.29, 0.717) is 0 Å². The first-order valence-corrected chi connectivity index (χ1v) is 9.52. The number of nitrogens with zero attached hydrogens (tertiary/aromatic N) is 3. The van der Waals surface area contributed by atoms with Gasteiger partial charge in [-0.1, -0.05) is 47.2 Å². The highest BCUT2D eigenvalue weighted by Crippen LogP contribution is 2.28. The molecule has 1 aromatic heterocycles. The molecule has 0 bridgehead atoms. The monoisotopic (exact) mass is 365 g/mol. The largest absolute Gasteiger partial charge is 0.293 e. The Labute approximate surface area is 158 Å². The summed E-state index contributed by atoms with van der Waals surface area (Å²) in [6.45, 7) is 9.89. The second-order valence-corrected chi connectivity index (χ2v) is 7.95. The summed E-state index contributed by atoms with van der Waals surface area (Å²) in [6, 6.07) is 14.2. The molecular weight excluding hydrogens is 342 g/mol. The van der Waals surface area contributed by atoms with Crippen molar-refractivity contribution >= 4 is 17.5 Å². The summed E-state index contributed by atoms with van der Waals surface area (Å²) < 4.78 is 2.00. The lowest BCUT2D eigenvalue weighted by Gasteiger charge is -2.14. The minimum atomic E-state index is -0.247. The number of rotatable bonds is 5. The van der Waals surface area contributed by atoms with Crippen molar-refractivity contribution in [1.82, 2.24) is 14.8 Å². The predicted octanol–water partition coefficient (Wildman–Crippen LogP) is 4.86. The van der Waals surface area contributed by atoms with Gasteiger partial charge in [-0.3, -0.25) is 9.36 Å². The molecule has 134 valence electrons. The summed E-state index contributed by atoms with van der Waals surface area (Å²) >= 11 is 1.45. The van der Waals surface area contributed by atoms with Gasteiger partial charge in [-0.15, -0.1) is 10.2 Å². The fourth-order valence-corrected chi connectivity index (χ4v) is 3.82. The van der Waals surface area contributed by atoms with E-state index in [9.17, 15) is 4.79 Å². The molecule has 26 heavy (non-hydrogen) atoms.